The van der Waals surface area contributed by atoms with Crippen LogP contribution in [0.2, 0.25) is 0 Å². The van der Waals surface area contributed by atoms with Gasteiger partial charge in [0.05, 0.1) is 22.8 Å². The van der Waals surface area contributed by atoms with Gasteiger partial charge in [0.15, 0.2) is 0 Å². The molecule has 0 aliphatic rings. The first kappa shape index (κ1) is 60.4. The Labute approximate surface area is 445 Å². The van der Waals surface area contributed by atoms with E-state index in [0.29, 0.717) is 17.1 Å². The van der Waals surface area contributed by atoms with Crippen LogP contribution in [0.1, 0.15) is 129 Å². The summed E-state index contributed by atoms with van der Waals surface area (Å²) in [6.07, 6.45) is 7.07. The second-order valence-electron chi connectivity index (χ2n) is 21.0. The van der Waals surface area contributed by atoms with Crippen LogP contribution in [0.4, 0.5) is 0 Å². The molecule has 4 heterocycles. The monoisotopic (exact) mass is 1160 g/mol. The molecule has 70 heavy (non-hydrogen) atoms. The molecule has 7 rings (SSSR count). The van der Waals surface area contributed by atoms with Crippen molar-refractivity contribution in [1.82, 2.24) is 19.9 Å². The van der Waals surface area contributed by atoms with Crippen molar-refractivity contribution in [3.63, 3.8) is 0 Å². The van der Waals surface area contributed by atoms with E-state index >= 15 is 0 Å². The molecule has 0 amide bonds. The summed E-state index contributed by atoms with van der Waals surface area (Å²) in [6.45, 7) is 36.8. The first-order valence-electron chi connectivity index (χ1n) is 23.7. The SMILES string of the molecule is Cc1cc(C)c(C(=[N-])C(C)(C)C)c(C)c1.Cc1cc(C)c(C(=[N-])C(C)(C)C)c(C)c1.Cc1cc(C)c(C(=[N-])C(C)(C)C)c(C)c1.[U+3].c1ccc(-c2ccccn2)nc1.c1ccc(-c2ccccn2)nc1. The third kappa shape index (κ3) is 18.6. The van der Waals surface area contributed by atoms with Gasteiger partial charge in [-0.1, -0.05) is 140 Å². The second-order valence-corrected chi connectivity index (χ2v) is 21.0. The van der Waals surface area contributed by atoms with E-state index in [-0.39, 0.29) is 47.4 Å². The van der Waals surface area contributed by atoms with Crippen LogP contribution in [0.3, 0.4) is 0 Å². The number of rotatable bonds is 5. The van der Waals surface area contributed by atoms with Crippen LogP contribution in [-0.4, -0.2) is 37.1 Å². The maximum atomic E-state index is 10.2. The Morgan fingerprint density at radius 2 is 0.486 bits per heavy atom. The van der Waals surface area contributed by atoms with Gasteiger partial charge in [-0.2, -0.15) is 17.1 Å². The zero-order valence-corrected chi connectivity index (χ0v) is 49.5. The average Bonchev–Trinajstić information content (AvgIpc) is 3.26. The molecule has 0 unspecified atom stereocenters. The molecule has 1 radical (unpaired) electrons. The van der Waals surface area contributed by atoms with E-state index in [4.69, 9.17) is 0 Å². The summed E-state index contributed by atoms with van der Waals surface area (Å²) < 4.78 is 0. The van der Waals surface area contributed by atoms with Gasteiger partial charge in [-0.3, -0.25) is 19.9 Å². The van der Waals surface area contributed by atoms with Gasteiger partial charge in [0.2, 0.25) is 0 Å². The van der Waals surface area contributed by atoms with E-state index < -0.39 is 0 Å². The predicted molar refractivity (Wildman–Crippen MR) is 298 cm³/mol. The van der Waals surface area contributed by atoms with Crippen molar-refractivity contribution in [3.8, 4) is 22.8 Å². The number of hydrogen-bond acceptors (Lipinski definition) is 4. The van der Waals surface area contributed by atoms with Crippen LogP contribution >= 0.6 is 0 Å². The zero-order chi connectivity index (χ0) is 51.9. The minimum Gasteiger partial charge on any atom is -0.807 e. The minimum atomic E-state index is -0.190. The summed E-state index contributed by atoms with van der Waals surface area (Å²) in [6, 6.07) is 35.9. The minimum absolute atomic E-state index is 0. The Kier molecular flexibility index (Phi) is 23.4. The van der Waals surface area contributed by atoms with Gasteiger partial charge in [0.1, 0.15) is 0 Å². The van der Waals surface area contributed by atoms with Gasteiger partial charge >= 0.3 is 31.1 Å². The molecule has 3 aromatic carbocycles. The third-order valence-corrected chi connectivity index (χ3v) is 11.1. The summed E-state index contributed by atoms with van der Waals surface area (Å²) in [5, 5.41) is 30.7. The van der Waals surface area contributed by atoms with E-state index in [9.17, 15) is 16.2 Å². The van der Waals surface area contributed by atoms with E-state index in [1.807, 2.05) is 135 Å². The Morgan fingerprint density at radius 3 is 0.614 bits per heavy atom. The number of nitrogens with zero attached hydrogens (tertiary/aromatic N) is 7. The fraction of sp³-hybridized carbons (Fsp3) is 0.339. The van der Waals surface area contributed by atoms with Crippen molar-refractivity contribution in [2.45, 2.75) is 125 Å². The number of hydrogen-bond donors (Lipinski definition) is 0. The predicted octanol–water partition coefficient (Wildman–Crippen LogP) is 16.3. The summed E-state index contributed by atoms with van der Waals surface area (Å²) in [4.78, 5) is 16.7. The molecule has 0 bridgehead atoms. The number of pyridine rings is 4. The fourth-order valence-corrected chi connectivity index (χ4v) is 7.84. The molecule has 0 N–H and O–H groups in total. The molecule has 0 spiro atoms. The zero-order valence-electron chi connectivity index (χ0n) is 45.3. The van der Waals surface area contributed by atoms with Crippen molar-refractivity contribution >= 4 is 17.1 Å². The maximum absolute atomic E-state index is 10.2. The van der Waals surface area contributed by atoms with Crippen LogP contribution < -0.4 is 0 Å². The van der Waals surface area contributed by atoms with Gasteiger partial charge in [0.25, 0.3) is 0 Å². The van der Waals surface area contributed by atoms with Crippen LogP contribution in [0.5, 0.6) is 0 Å². The van der Waals surface area contributed by atoms with E-state index in [1.54, 1.807) is 24.8 Å². The van der Waals surface area contributed by atoms with Crippen molar-refractivity contribution in [2.24, 2.45) is 16.2 Å². The van der Waals surface area contributed by atoms with Crippen molar-refractivity contribution in [1.29, 1.82) is 0 Å². The topological polar surface area (TPSA) is 118 Å². The van der Waals surface area contributed by atoms with Gasteiger partial charge in [-0.25, -0.2) is 0 Å². The quantitative estimate of drug-likeness (QED) is 0.159. The Balaban J connectivity index is 0.000000300. The molecule has 0 saturated heterocycles. The molecule has 7 nitrogen and oxygen atoms in total. The summed E-state index contributed by atoms with van der Waals surface area (Å²) in [5.74, 6) is 0. The number of benzene rings is 3. The normalized spacial score (nSPS) is 10.8. The van der Waals surface area contributed by atoms with Crippen molar-refractivity contribution < 1.29 is 31.1 Å². The first-order chi connectivity index (χ1) is 32.1. The summed E-state index contributed by atoms with van der Waals surface area (Å²) in [7, 11) is 0. The Bertz CT molecular complexity index is 2370. The van der Waals surface area contributed by atoms with E-state index in [0.717, 1.165) is 72.8 Å². The van der Waals surface area contributed by atoms with Crippen LogP contribution in [0.15, 0.2) is 134 Å². The van der Waals surface area contributed by atoms with E-state index in [2.05, 4.69) is 119 Å². The molecule has 8 heteroatoms. The standard InChI is InChI=1S/3C14H20N.2C10H8N2.U/c3*1-9-7-10(2)12(11(3)8-9)13(15)14(4,5)6;2*1-3-7-11-9(5-1)10-6-2-4-8-12-10;/h3*7-8H,1-6H3;2*1-8H;/q3*-1;;;+3. The first-order valence-corrected chi connectivity index (χ1v) is 23.7. The van der Waals surface area contributed by atoms with E-state index in [1.165, 1.54) is 16.7 Å². The largest absolute Gasteiger partial charge is 3.00 e. The van der Waals surface area contributed by atoms with Crippen LogP contribution in [0, 0.1) is 110 Å². The molecule has 7 aromatic rings. The average molecular weight is 1160 g/mol. The molecule has 0 fully saturated rings. The van der Waals surface area contributed by atoms with Crippen molar-refractivity contribution in [2.75, 3.05) is 0 Å². The number of aryl methyl sites for hydroxylation is 9. The van der Waals surface area contributed by atoms with Gasteiger partial charge < -0.3 is 16.2 Å². The number of aromatic nitrogens is 4. The van der Waals surface area contributed by atoms with Crippen LogP contribution in [0.25, 0.3) is 39.0 Å². The molecular weight excluding hydrogens is 1080 g/mol. The Hall–Kier alpha value is -5.68. The smallest absolute Gasteiger partial charge is 0.807 e. The maximum Gasteiger partial charge on any atom is 3.00 e. The molecule has 4 aromatic heterocycles. The van der Waals surface area contributed by atoms with Gasteiger partial charge in [0, 0.05) is 24.8 Å². The third-order valence-electron chi connectivity index (χ3n) is 11.1. The van der Waals surface area contributed by atoms with Gasteiger partial charge in [-0.15, -0.1) is 0 Å². The van der Waals surface area contributed by atoms with Crippen LogP contribution in [-0.2, 0) is 0 Å². The fourth-order valence-electron chi connectivity index (χ4n) is 7.84. The molecule has 363 valence electrons. The van der Waals surface area contributed by atoms with Gasteiger partial charge in [-0.05, 0) is 177 Å². The summed E-state index contributed by atoms with van der Waals surface area (Å²) >= 11 is 0. The summed E-state index contributed by atoms with van der Waals surface area (Å²) in [5.41, 5.74) is 18.2. The van der Waals surface area contributed by atoms with Crippen molar-refractivity contribution in [3.05, 3.63) is 217 Å². The molecule has 0 saturated carbocycles. The molecular formula is C62H76N7U. The second kappa shape index (κ2) is 27.1. The molecule has 0 aliphatic carbocycles. The molecule has 0 aliphatic heterocycles. The molecule has 0 atom stereocenters. The Morgan fingerprint density at radius 1 is 0.314 bits per heavy atom.